The van der Waals surface area contributed by atoms with Crippen LogP contribution >= 0.6 is 11.6 Å². The number of piperazine rings is 1. The molecule has 0 saturated carbocycles. The summed E-state index contributed by atoms with van der Waals surface area (Å²) in [4.78, 5) is 15.2. The Morgan fingerprint density at radius 1 is 0.865 bits per heavy atom. The number of carbonyl (C=O) groups is 1. The topological polar surface area (TPSA) is 44.8 Å². The number of halogens is 6. The van der Waals surface area contributed by atoms with Crippen molar-refractivity contribution in [2.24, 2.45) is 0 Å². The first-order valence-electron chi connectivity index (χ1n) is 11.5. The zero-order chi connectivity index (χ0) is 26.7. The number of aryl methyl sites for hydroxylation is 1. The van der Waals surface area contributed by atoms with Gasteiger partial charge in [0, 0.05) is 31.9 Å². The highest BCUT2D eigenvalue weighted by molar-refractivity contribution is 6.33. The van der Waals surface area contributed by atoms with Gasteiger partial charge in [-0.3, -0.25) is 4.79 Å². The Labute approximate surface area is 215 Å². The lowest BCUT2D eigenvalue weighted by molar-refractivity contribution is -0.118. The summed E-state index contributed by atoms with van der Waals surface area (Å²) < 4.78 is 74.3. The molecule has 3 aromatic rings. The molecule has 196 valence electrons. The Kier molecular flexibility index (Phi) is 8.06. The second-order valence-corrected chi connectivity index (χ2v) is 8.80. The first-order valence-corrected chi connectivity index (χ1v) is 11.9. The van der Waals surface area contributed by atoms with Crippen LogP contribution in [0.2, 0.25) is 5.02 Å². The van der Waals surface area contributed by atoms with E-state index in [4.69, 9.17) is 16.3 Å². The summed E-state index contributed by atoms with van der Waals surface area (Å²) in [5.41, 5.74) is 1.27. The average molecular weight is 540 g/mol. The average Bonchev–Trinajstić information content (AvgIpc) is 2.90. The van der Waals surface area contributed by atoms with Crippen LogP contribution < -0.4 is 19.9 Å². The Hall–Kier alpha value is -3.53. The molecule has 0 bridgehead atoms. The van der Waals surface area contributed by atoms with Gasteiger partial charge in [-0.1, -0.05) is 30.7 Å². The van der Waals surface area contributed by atoms with Crippen LogP contribution in [0.3, 0.4) is 0 Å². The highest BCUT2D eigenvalue weighted by Crippen LogP contribution is 2.33. The van der Waals surface area contributed by atoms with Crippen molar-refractivity contribution in [3.05, 3.63) is 82.1 Å². The zero-order valence-electron chi connectivity index (χ0n) is 19.8. The number of amides is 1. The van der Waals surface area contributed by atoms with Gasteiger partial charge in [0.15, 0.2) is 29.9 Å². The van der Waals surface area contributed by atoms with Crippen LogP contribution in [0, 0.1) is 29.1 Å². The number of hydrogen-bond donors (Lipinski definition) is 1. The fourth-order valence-corrected chi connectivity index (χ4v) is 4.35. The maximum atomic E-state index is 14.2. The summed E-state index contributed by atoms with van der Waals surface area (Å²) in [6, 6.07) is 12.3. The van der Waals surface area contributed by atoms with Gasteiger partial charge in [0.2, 0.25) is 5.82 Å². The van der Waals surface area contributed by atoms with E-state index >= 15 is 0 Å². The van der Waals surface area contributed by atoms with Crippen molar-refractivity contribution in [1.82, 2.24) is 0 Å². The number of benzene rings is 3. The first kappa shape index (κ1) is 26.5. The van der Waals surface area contributed by atoms with Crippen molar-refractivity contribution in [2.75, 3.05) is 47.9 Å². The zero-order valence-corrected chi connectivity index (χ0v) is 20.5. The molecule has 0 spiro atoms. The molecule has 37 heavy (non-hydrogen) atoms. The van der Waals surface area contributed by atoms with Crippen LogP contribution in [-0.2, 0) is 11.2 Å². The fourth-order valence-electron chi connectivity index (χ4n) is 4.05. The van der Waals surface area contributed by atoms with E-state index in [2.05, 4.69) is 5.32 Å². The number of nitrogens with one attached hydrogen (secondary N) is 1. The van der Waals surface area contributed by atoms with Crippen molar-refractivity contribution in [2.45, 2.75) is 13.3 Å². The normalized spacial score (nSPS) is 13.6. The number of hydrogen-bond acceptors (Lipinski definition) is 4. The monoisotopic (exact) mass is 539 g/mol. The third-order valence-electron chi connectivity index (χ3n) is 6.06. The van der Waals surface area contributed by atoms with Crippen molar-refractivity contribution >= 4 is 34.6 Å². The Morgan fingerprint density at radius 3 is 2.00 bits per heavy atom. The summed E-state index contributed by atoms with van der Waals surface area (Å²) in [6.45, 7) is 2.30. The van der Waals surface area contributed by atoms with Crippen LogP contribution in [0.15, 0.2) is 42.5 Å². The quantitative estimate of drug-likeness (QED) is 0.229. The van der Waals surface area contributed by atoms with Crippen molar-refractivity contribution in [1.29, 1.82) is 0 Å². The second-order valence-electron chi connectivity index (χ2n) is 8.39. The van der Waals surface area contributed by atoms with Gasteiger partial charge in [-0.25, -0.2) is 22.0 Å². The number of nitrogens with zero attached hydrogens (tertiary/aromatic N) is 2. The number of rotatable bonds is 7. The Morgan fingerprint density at radius 2 is 1.43 bits per heavy atom. The molecule has 1 saturated heterocycles. The molecule has 3 aromatic carbocycles. The molecule has 5 nitrogen and oxygen atoms in total. The van der Waals surface area contributed by atoms with Crippen LogP contribution in [0.4, 0.5) is 39.0 Å². The molecule has 1 amide bonds. The highest BCUT2D eigenvalue weighted by Gasteiger charge is 2.31. The van der Waals surface area contributed by atoms with Gasteiger partial charge < -0.3 is 19.9 Å². The van der Waals surface area contributed by atoms with Gasteiger partial charge in [0.25, 0.3) is 5.91 Å². The van der Waals surface area contributed by atoms with Gasteiger partial charge in [-0.05, 0) is 42.3 Å². The molecule has 4 rings (SSSR count). The summed E-state index contributed by atoms with van der Waals surface area (Å²) >= 11 is 6.41. The van der Waals surface area contributed by atoms with Crippen LogP contribution in [0.25, 0.3) is 0 Å². The maximum absolute atomic E-state index is 14.2. The molecule has 0 unspecified atom stereocenters. The molecule has 0 aliphatic carbocycles. The van der Waals surface area contributed by atoms with Crippen LogP contribution in [-0.4, -0.2) is 38.7 Å². The van der Waals surface area contributed by atoms with E-state index in [-0.39, 0.29) is 38.7 Å². The Bertz CT molecular complexity index is 1270. The predicted molar refractivity (Wildman–Crippen MR) is 132 cm³/mol. The lowest BCUT2D eigenvalue weighted by Crippen LogP contribution is -2.47. The maximum Gasteiger partial charge on any atom is 0.262 e. The molecular formula is C26H23ClF5N3O2. The summed E-state index contributed by atoms with van der Waals surface area (Å²) in [6.07, 6.45) is 0.901. The largest absolute Gasteiger partial charge is 0.484 e. The summed E-state index contributed by atoms with van der Waals surface area (Å²) in [7, 11) is 0. The number of anilines is 3. The van der Waals surface area contributed by atoms with Crippen molar-refractivity contribution in [3.63, 3.8) is 0 Å². The van der Waals surface area contributed by atoms with Crippen molar-refractivity contribution in [3.8, 4) is 5.75 Å². The third kappa shape index (κ3) is 5.74. The molecule has 1 fully saturated rings. The lowest BCUT2D eigenvalue weighted by Gasteiger charge is -2.38. The standard InChI is InChI=1S/C26H23ClF5N3O2/c1-2-15-3-6-17(7-4-15)37-14-20(36)33-16-5-8-19(18(27)13-16)34-9-11-35(12-10-34)26-24(31)22(29)21(28)23(30)25(26)32/h3-8,13H,2,9-12,14H2,1H3,(H,33,36). The SMILES string of the molecule is CCc1ccc(OCC(=O)Nc2ccc(N3CCN(c4c(F)c(F)c(F)c(F)c4F)CC3)c(Cl)c2)cc1. The smallest absolute Gasteiger partial charge is 0.262 e. The molecule has 1 aliphatic heterocycles. The molecule has 1 heterocycles. The second kappa shape index (κ2) is 11.2. The molecule has 11 heteroatoms. The fraction of sp³-hybridized carbons (Fsp3) is 0.269. The van der Waals surface area contributed by atoms with E-state index < -0.39 is 34.8 Å². The minimum absolute atomic E-state index is 0.00371. The molecule has 0 radical (unpaired) electrons. The number of carbonyl (C=O) groups excluding carboxylic acids is 1. The highest BCUT2D eigenvalue weighted by atomic mass is 35.5. The lowest BCUT2D eigenvalue weighted by atomic mass is 10.2. The van der Waals surface area contributed by atoms with E-state index in [0.717, 1.165) is 16.9 Å². The van der Waals surface area contributed by atoms with E-state index in [9.17, 15) is 26.7 Å². The number of ether oxygens (including phenoxy) is 1. The first-order chi connectivity index (χ1) is 17.7. The van der Waals surface area contributed by atoms with Gasteiger partial charge in [-0.2, -0.15) is 0 Å². The predicted octanol–water partition coefficient (Wildman–Crippen LogP) is 5.94. The Balaban J connectivity index is 1.35. The van der Waals surface area contributed by atoms with Gasteiger partial charge in [0.1, 0.15) is 11.4 Å². The van der Waals surface area contributed by atoms with E-state index in [1.54, 1.807) is 30.3 Å². The third-order valence-corrected chi connectivity index (χ3v) is 6.36. The molecule has 1 N–H and O–H groups in total. The van der Waals surface area contributed by atoms with E-state index in [0.29, 0.717) is 22.1 Å². The van der Waals surface area contributed by atoms with E-state index in [1.165, 1.54) is 0 Å². The van der Waals surface area contributed by atoms with Crippen LogP contribution in [0.1, 0.15) is 12.5 Å². The van der Waals surface area contributed by atoms with Gasteiger partial charge in [-0.15, -0.1) is 0 Å². The molecule has 0 atom stereocenters. The molecule has 1 aliphatic rings. The molecular weight excluding hydrogens is 517 g/mol. The van der Waals surface area contributed by atoms with E-state index in [1.807, 2.05) is 24.0 Å². The molecule has 0 aromatic heterocycles. The van der Waals surface area contributed by atoms with Gasteiger partial charge >= 0.3 is 0 Å². The minimum Gasteiger partial charge on any atom is -0.484 e. The minimum atomic E-state index is -2.19. The van der Waals surface area contributed by atoms with Gasteiger partial charge in [0.05, 0.1) is 10.7 Å². The summed E-state index contributed by atoms with van der Waals surface area (Å²) in [5.74, 6) is -9.65. The summed E-state index contributed by atoms with van der Waals surface area (Å²) in [5, 5.41) is 3.02. The van der Waals surface area contributed by atoms with Crippen molar-refractivity contribution < 1.29 is 31.5 Å². The van der Waals surface area contributed by atoms with Crippen LogP contribution in [0.5, 0.6) is 5.75 Å².